The highest BCUT2D eigenvalue weighted by molar-refractivity contribution is 6.30. The Labute approximate surface area is 201 Å². The van der Waals surface area contributed by atoms with Crippen LogP contribution in [0.3, 0.4) is 0 Å². The van der Waals surface area contributed by atoms with Crippen molar-refractivity contribution in [3.8, 4) is 17.3 Å². The van der Waals surface area contributed by atoms with Gasteiger partial charge in [0.25, 0.3) is 0 Å². The minimum Gasteiger partial charge on any atom is -0.427 e. The van der Waals surface area contributed by atoms with E-state index in [9.17, 15) is 4.79 Å². The summed E-state index contributed by atoms with van der Waals surface area (Å²) in [6, 6.07) is 15.6. The van der Waals surface area contributed by atoms with Gasteiger partial charge >= 0.3 is 6.01 Å². The third-order valence-electron chi connectivity index (χ3n) is 5.52. The minimum absolute atomic E-state index is 0.0290. The number of carbonyl (C=O) groups is 1. The SMILES string of the molecule is O=C(CCc1oc(-n2cnc3ccccc32)nc1-c1ccc(Cl)cc1)NCCCn1ccnc1. The van der Waals surface area contributed by atoms with Crippen molar-refractivity contribution in [2.45, 2.75) is 25.8 Å². The zero-order valence-electron chi connectivity index (χ0n) is 18.4. The summed E-state index contributed by atoms with van der Waals surface area (Å²) in [5.74, 6) is 0.613. The summed E-state index contributed by atoms with van der Waals surface area (Å²) in [5, 5.41) is 3.62. The fraction of sp³-hybridized carbons (Fsp3) is 0.200. The van der Waals surface area contributed by atoms with Crippen LogP contribution in [0.4, 0.5) is 0 Å². The predicted octanol–water partition coefficient (Wildman–Crippen LogP) is 4.67. The van der Waals surface area contributed by atoms with Crippen molar-refractivity contribution in [1.29, 1.82) is 0 Å². The van der Waals surface area contributed by atoms with Gasteiger partial charge < -0.3 is 14.3 Å². The van der Waals surface area contributed by atoms with Gasteiger partial charge in [0.2, 0.25) is 5.91 Å². The van der Waals surface area contributed by atoms with Crippen LogP contribution in [0.2, 0.25) is 5.02 Å². The Morgan fingerprint density at radius 2 is 1.94 bits per heavy atom. The van der Waals surface area contributed by atoms with E-state index in [-0.39, 0.29) is 5.91 Å². The van der Waals surface area contributed by atoms with Crippen molar-refractivity contribution in [3.63, 3.8) is 0 Å². The summed E-state index contributed by atoms with van der Waals surface area (Å²) in [4.78, 5) is 25.7. The molecule has 1 amide bonds. The van der Waals surface area contributed by atoms with E-state index in [1.165, 1.54) is 0 Å². The van der Waals surface area contributed by atoms with E-state index in [2.05, 4.69) is 15.3 Å². The monoisotopic (exact) mass is 474 g/mol. The molecular formula is C25H23ClN6O2. The molecule has 3 heterocycles. The van der Waals surface area contributed by atoms with Crippen molar-refractivity contribution in [1.82, 2.24) is 29.4 Å². The zero-order valence-corrected chi connectivity index (χ0v) is 19.2. The van der Waals surface area contributed by atoms with Gasteiger partial charge in [-0.2, -0.15) is 4.98 Å². The lowest BCUT2D eigenvalue weighted by atomic mass is 10.1. The second-order valence-corrected chi connectivity index (χ2v) is 8.32. The number of para-hydroxylation sites is 2. The molecule has 3 aromatic heterocycles. The van der Waals surface area contributed by atoms with Crippen LogP contribution < -0.4 is 5.32 Å². The summed E-state index contributed by atoms with van der Waals surface area (Å²) in [6.07, 6.45) is 8.67. The normalized spacial score (nSPS) is 11.2. The van der Waals surface area contributed by atoms with Crippen LogP contribution in [0.15, 0.2) is 78.0 Å². The first-order chi connectivity index (χ1) is 16.7. The van der Waals surface area contributed by atoms with Crippen molar-refractivity contribution in [2.24, 2.45) is 0 Å². The average Bonchev–Trinajstić information content (AvgIpc) is 3.61. The van der Waals surface area contributed by atoms with E-state index < -0.39 is 0 Å². The minimum atomic E-state index is -0.0290. The lowest BCUT2D eigenvalue weighted by Crippen LogP contribution is -2.25. The van der Waals surface area contributed by atoms with E-state index in [0.29, 0.717) is 41.9 Å². The Kier molecular flexibility index (Phi) is 6.40. The number of nitrogens with one attached hydrogen (secondary N) is 1. The number of imidazole rings is 2. The van der Waals surface area contributed by atoms with Gasteiger partial charge in [-0.3, -0.25) is 9.36 Å². The zero-order chi connectivity index (χ0) is 23.3. The van der Waals surface area contributed by atoms with Crippen molar-refractivity contribution >= 4 is 28.5 Å². The van der Waals surface area contributed by atoms with Gasteiger partial charge in [-0.25, -0.2) is 9.97 Å². The van der Waals surface area contributed by atoms with Crippen LogP contribution in [0.1, 0.15) is 18.6 Å². The van der Waals surface area contributed by atoms with Crippen LogP contribution in [-0.4, -0.2) is 36.5 Å². The number of rotatable bonds is 9. The molecule has 172 valence electrons. The molecule has 0 aliphatic rings. The first-order valence-corrected chi connectivity index (χ1v) is 11.5. The van der Waals surface area contributed by atoms with Crippen molar-refractivity contribution < 1.29 is 9.21 Å². The molecule has 5 rings (SSSR count). The molecule has 0 atom stereocenters. The van der Waals surface area contributed by atoms with E-state index in [1.807, 2.05) is 63.9 Å². The number of fused-ring (bicyclic) bond motifs is 1. The molecule has 0 saturated heterocycles. The molecule has 34 heavy (non-hydrogen) atoms. The van der Waals surface area contributed by atoms with E-state index in [4.69, 9.17) is 21.0 Å². The van der Waals surface area contributed by atoms with Gasteiger partial charge in [0, 0.05) is 48.9 Å². The Morgan fingerprint density at radius 1 is 1.09 bits per heavy atom. The molecule has 2 aromatic carbocycles. The average molecular weight is 475 g/mol. The Morgan fingerprint density at radius 3 is 2.76 bits per heavy atom. The first kappa shape index (κ1) is 21.9. The number of halogens is 1. The number of hydrogen-bond donors (Lipinski definition) is 1. The number of aryl methyl sites for hydroxylation is 2. The molecule has 1 N–H and O–H groups in total. The number of hydrogen-bond acceptors (Lipinski definition) is 5. The fourth-order valence-corrected chi connectivity index (χ4v) is 3.91. The Hall–Kier alpha value is -3.91. The summed E-state index contributed by atoms with van der Waals surface area (Å²) in [6.45, 7) is 1.41. The van der Waals surface area contributed by atoms with Crippen molar-refractivity contribution in [3.05, 3.63) is 84.4 Å². The standard InChI is InChI=1S/C25H23ClN6O2/c26-19-8-6-18(7-9-19)24-22(10-11-23(33)28-12-3-14-31-15-13-27-16-31)34-25(30-24)32-17-29-20-4-1-2-5-21(20)32/h1-2,4-9,13,15-17H,3,10-12,14H2,(H,28,33). The highest BCUT2D eigenvalue weighted by Crippen LogP contribution is 2.29. The number of aromatic nitrogens is 5. The topological polar surface area (TPSA) is 90.8 Å². The molecule has 0 unspecified atom stereocenters. The third kappa shape index (κ3) is 4.87. The van der Waals surface area contributed by atoms with Crippen LogP contribution in [-0.2, 0) is 17.8 Å². The van der Waals surface area contributed by atoms with Crippen molar-refractivity contribution in [2.75, 3.05) is 6.54 Å². The number of nitrogens with zero attached hydrogens (tertiary/aromatic N) is 5. The van der Waals surface area contributed by atoms with Gasteiger partial charge in [0.05, 0.1) is 17.4 Å². The van der Waals surface area contributed by atoms with Gasteiger partial charge in [-0.05, 0) is 30.7 Å². The smallest absolute Gasteiger partial charge is 0.308 e. The maximum atomic E-state index is 12.5. The van der Waals surface area contributed by atoms with Crippen LogP contribution >= 0.6 is 11.6 Å². The van der Waals surface area contributed by atoms with Crippen LogP contribution in [0.5, 0.6) is 0 Å². The largest absolute Gasteiger partial charge is 0.427 e. The summed E-state index contributed by atoms with van der Waals surface area (Å²) in [5.41, 5.74) is 3.32. The van der Waals surface area contributed by atoms with Gasteiger partial charge in [-0.1, -0.05) is 35.9 Å². The quantitative estimate of drug-likeness (QED) is 0.313. The highest BCUT2D eigenvalue weighted by atomic mass is 35.5. The summed E-state index contributed by atoms with van der Waals surface area (Å²) in [7, 11) is 0. The molecule has 0 aliphatic heterocycles. The number of amides is 1. The second-order valence-electron chi connectivity index (χ2n) is 7.88. The summed E-state index contributed by atoms with van der Waals surface area (Å²) < 4.78 is 9.97. The Bertz CT molecular complexity index is 1390. The molecule has 0 fully saturated rings. The van der Waals surface area contributed by atoms with Gasteiger partial charge in [0.15, 0.2) is 0 Å². The molecule has 0 radical (unpaired) electrons. The number of benzene rings is 2. The van der Waals surface area contributed by atoms with Gasteiger partial charge in [0.1, 0.15) is 17.8 Å². The molecule has 9 heteroatoms. The Balaban J connectivity index is 1.32. The van der Waals surface area contributed by atoms with E-state index in [1.54, 1.807) is 18.9 Å². The lowest BCUT2D eigenvalue weighted by Gasteiger charge is -2.06. The molecule has 0 bridgehead atoms. The molecule has 0 aliphatic carbocycles. The molecule has 8 nitrogen and oxygen atoms in total. The lowest BCUT2D eigenvalue weighted by molar-refractivity contribution is -0.121. The highest BCUT2D eigenvalue weighted by Gasteiger charge is 2.19. The predicted molar refractivity (Wildman–Crippen MR) is 130 cm³/mol. The first-order valence-electron chi connectivity index (χ1n) is 11.1. The number of oxazole rings is 1. The summed E-state index contributed by atoms with van der Waals surface area (Å²) >= 11 is 6.07. The fourth-order valence-electron chi connectivity index (χ4n) is 3.78. The van der Waals surface area contributed by atoms with Gasteiger partial charge in [-0.15, -0.1) is 0 Å². The van der Waals surface area contributed by atoms with E-state index >= 15 is 0 Å². The molecular weight excluding hydrogens is 452 g/mol. The van der Waals surface area contributed by atoms with Crippen LogP contribution in [0.25, 0.3) is 28.3 Å². The molecule has 0 spiro atoms. The maximum absolute atomic E-state index is 12.5. The third-order valence-corrected chi connectivity index (χ3v) is 5.77. The second kappa shape index (κ2) is 9.93. The molecule has 0 saturated carbocycles. The van der Waals surface area contributed by atoms with E-state index in [0.717, 1.165) is 29.6 Å². The maximum Gasteiger partial charge on any atom is 0.308 e. The number of carbonyl (C=O) groups excluding carboxylic acids is 1. The molecule has 5 aromatic rings. The van der Waals surface area contributed by atoms with Crippen LogP contribution in [0, 0.1) is 0 Å².